The van der Waals surface area contributed by atoms with Crippen LogP contribution in [0.3, 0.4) is 0 Å². The minimum Gasteiger partial charge on any atom is -0.348 e. The monoisotopic (exact) mass is 223 g/mol. The van der Waals surface area contributed by atoms with Gasteiger partial charge >= 0.3 is 0 Å². The van der Waals surface area contributed by atoms with Crippen molar-refractivity contribution in [2.75, 3.05) is 13.1 Å². The fourth-order valence-electron chi connectivity index (χ4n) is 1.72. The second-order valence-corrected chi connectivity index (χ2v) is 3.96. The molecule has 4 heteroatoms. The van der Waals surface area contributed by atoms with Gasteiger partial charge in [-0.1, -0.05) is 13.8 Å². The van der Waals surface area contributed by atoms with E-state index in [9.17, 15) is 4.79 Å². The number of rotatable bonds is 7. The number of nitrogens with zero attached hydrogens (tertiary/aromatic N) is 2. The van der Waals surface area contributed by atoms with Crippen LogP contribution < -0.4 is 0 Å². The molecule has 0 saturated heterocycles. The van der Waals surface area contributed by atoms with Gasteiger partial charge < -0.3 is 9.88 Å². The highest BCUT2D eigenvalue weighted by atomic mass is 16.2. The average Bonchev–Trinajstić information content (AvgIpc) is 2.78. The van der Waals surface area contributed by atoms with E-state index in [1.54, 1.807) is 12.5 Å². The predicted octanol–water partition coefficient (Wildman–Crippen LogP) is 1.99. The highest BCUT2D eigenvalue weighted by Crippen LogP contribution is 2.03. The largest absolute Gasteiger partial charge is 0.348 e. The first-order valence-corrected chi connectivity index (χ1v) is 6.03. The van der Waals surface area contributed by atoms with Gasteiger partial charge in [-0.25, -0.2) is 4.98 Å². The Kier molecular flexibility index (Phi) is 5.61. The number of aryl methyl sites for hydroxylation is 1. The molecule has 0 aliphatic heterocycles. The van der Waals surface area contributed by atoms with Gasteiger partial charge in [0.2, 0.25) is 5.91 Å². The van der Waals surface area contributed by atoms with Crippen LogP contribution in [-0.4, -0.2) is 33.9 Å². The SMILES string of the molecule is CCCN(CCC)C(=O)CCc1cnc[nH]1. The third-order valence-corrected chi connectivity index (χ3v) is 2.50. The Morgan fingerprint density at radius 1 is 1.38 bits per heavy atom. The van der Waals surface area contributed by atoms with Crippen LogP contribution in [0.25, 0.3) is 0 Å². The zero-order valence-electron chi connectivity index (χ0n) is 10.2. The number of H-pyrrole nitrogens is 1. The zero-order chi connectivity index (χ0) is 11.8. The lowest BCUT2D eigenvalue weighted by Crippen LogP contribution is -2.32. The number of carbonyl (C=O) groups excluding carboxylic acids is 1. The molecule has 1 N–H and O–H groups in total. The highest BCUT2D eigenvalue weighted by Gasteiger charge is 2.11. The second-order valence-electron chi connectivity index (χ2n) is 3.96. The van der Waals surface area contributed by atoms with E-state index in [0.717, 1.165) is 38.0 Å². The molecular formula is C12H21N3O. The van der Waals surface area contributed by atoms with Crippen LogP contribution >= 0.6 is 0 Å². The molecule has 0 saturated carbocycles. The lowest BCUT2D eigenvalue weighted by Gasteiger charge is -2.21. The summed E-state index contributed by atoms with van der Waals surface area (Å²) in [6, 6.07) is 0. The van der Waals surface area contributed by atoms with Crippen molar-refractivity contribution in [1.82, 2.24) is 14.9 Å². The van der Waals surface area contributed by atoms with Gasteiger partial charge in [-0.05, 0) is 19.3 Å². The van der Waals surface area contributed by atoms with Crippen molar-refractivity contribution < 1.29 is 4.79 Å². The van der Waals surface area contributed by atoms with E-state index in [4.69, 9.17) is 0 Å². The molecule has 4 nitrogen and oxygen atoms in total. The molecule has 0 spiro atoms. The van der Waals surface area contributed by atoms with E-state index in [1.165, 1.54) is 0 Å². The van der Waals surface area contributed by atoms with Crippen LogP contribution in [0.15, 0.2) is 12.5 Å². The highest BCUT2D eigenvalue weighted by molar-refractivity contribution is 5.76. The molecule has 0 fully saturated rings. The van der Waals surface area contributed by atoms with Crippen molar-refractivity contribution in [3.63, 3.8) is 0 Å². The third-order valence-electron chi connectivity index (χ3n) is 2.50. The third kappa shape index (κ3) is 4.04. The van der Waals surface area contributed by atoms with Crippen LogP contribution in [0.2, 0.25) is 0 Å². The fraction of sp³-hybridized carbons (Fsp3) is 0.667. The maximum absolute atomic E-state index is 11.9. The van der Waals surface area contributed by atoms with Gasteiger partial charge in [-0.2, -0.15) is 0 Å². The number of imidazole rings is 1. The summed E-state index contributed by atoms with van der Waals surface area (Å²) in [7, 11) is 0. The number of nitrogens with one attached hydrogen (secondary N) is 1. The molecule has 16 heavy (non-hydrogen) atoms. The Hall–Kier alpha value is -1.32. The molecule has 0 aromatic carbocycles. The van der Waals surface area contributed by atoms with Gasteiger partial charge in [0, 0.05) is 31.4 Å². The number of carbonyl (C=O) groups is 1. The Morgan fingerprint density at radius 2 is 2.06 bits per heavy atom. The van der Waals surface area contributed by atoms with Crippen LogP contribution in [0, 0.1) is 0 Å². The molecule has 0 atom stereocenters. The summed E-state index contributed by atoms with van der Waals surface area (Å²) >= 11 is 0. The first-order valence-electron chi connectivity index (χ1n) is 6.03. The van der Waals surface area contributed by atoms with Crippen molar-refractivity contribution in [1.29, 1.82) is 0 Å². The summed E-state index contributed by atoms with van der Waals surface area (Å²) in [4.78, 5) is 20.8. The standard InChI is InChI=1S/C12H21N3O/c1-3-7-15(8-4-2)12(16)6-5-11-9-13-10-14-11/h9-10H,3-8H2,1-2H3,(H,13,14). The molecular weight excluding hydrogens is 202 g/mol. The van der Waals surface area contributed by atoms with Crippen molar-refractivity contribution >= 4 is 5.91 Å². The van der Waals surface area contributed by atoms with Crippen LogP contribution in [-0.2, 0) is 11.2 Å². The lowest BCUT2D eigenvalue weighted by molar-refractivity contribution is -0.131. The van der Waals surface area contributed by atoms with Gasteiger partial charge in [0.25, 0.3) is 0 Å². The minimum atomic E-state index is 0.248. The van der Waals surface area contributed by atoms with E-state index in [0.29, 0.717) is 6.42 Å². The Bertz CT molecular complexity index is 289. The molecule has 90 valence electrons. The lowest BCUT2D eigenvalue weighted by atomic mass is 10.2. The molecule has 1 rings (SSSR count). The van der Waals surface area contributed by atoms with Gasteiger partial charge in [0.15, 0.2) is 0 Å². The Balaban J connectivity index is 2.36. The molecule has 0 aliphatic rings. The zero-order valence-corrected chi connectivity index (χ0v) is 10.2. The molecule has 1 amide bonds. The van der Waals surface area contributed by atoms with Gasteiger partial charge in [-0.15, -0.1) is 0 Å². The minimum absolute atomic E-state index is 0.248. The smallest absolute Gasteiger partial charge is 0.222 e. The first-order chi connectivity index (χ1) is 7.77. The molecule has 0 unspecified atom stereocenters. The normalized spacial score (nSPS) is 10.4. The number of aromatic nitrogens is 2. The van der Waals surface area contributed by atoms with E-state index < -0.39 is 0 Å². The summed E-state index contributed by atoms with van der Waals surface area (Å²) in [5.41, 5.74) is 1.03. The van der Waals surface area contributed by atoms with Crippen molar-refractivity contribution in [2.45, 2.75) is 39.5 Å². The van der Waals surface area contributed by atoms with Crippen molar-refractivity contribution in [2.24, 2.45) is 0 Å². The summed E-state index contributed by atoms with van der Waals surface area (Å²) < 4.78 is 0. The molecule has 0 bridgehead atoms. The van der Waals surface area contributed by atoms with E-state index in [1.807, 2.05) is 4.90 Å². The molecule has 0 radical (unpaired) electrons. The van der Waals surface area contributed by atoms with Crippen LogP contribution in [0.4, 0.5) is 0 Å². The van der Waals surface area contributed by atoms with Crippen LogP contribution in [0.5, 0.6) is 0 Å². The summed E-state index contributed by atoms with van der Waals surface area (Å²) in [5.74, 6) is 0.248. The molecule has 1 aromatic rings. The molecule has 0 aliphatic carbocycles. The average molecular weight is 223 g/mol. The topological polar surface area (TPSA) is 49.0 Å². The predicted molar refractivity (Wildman–Crippen MR) is 64.1 cm³/mol. The first kappa shape index (κ1) is 12.7. The van der Waals surface area contributed by atoms with Gasteiger partial charge in [0.05, 0.1) is 6.33 Å². The van der Waals surface area contributed by atoms with Gasteiger partial charge in [-0.3, -0.25) is 4.79 Å². The van der Waals surface area contributed by atoms with Crippen LogP contribution in [0.1, 0.15) is 38.8 Å². The second kappa shape index (κ2) is 7.04. The van der Waals surface area contributed by atoms with Crippen molar-refractivity contribution in [3.8, 4) is 0 Å². The maximum atomic E-state index is 11.9. The summed E-state index contributed by atoms with van der Waals surface area (Å²) in [6.45, 7) is 5.95. The molecule has 1 aromatic heterocycles. The number of amides is 1. The maximum Gasteiger partial charge on any atom is 0.222 e. The molecule has 1 heterocycles. The van der Waals surface area contributed by atoms with Crippen molar-refractivity contribution in [3.05, 3.63) is 18.2 Å². The quantitative estimate of drug-likeness (QED) is 0.768. The fourth-order valence-corrected chi connectivity index (χ4v) is 1.72. The number of hydrogen-bond donors (Lipinski definition) is 1. The Labute approximate surface area is 97.1 Å². The number of aromatic amines is 1. The summed E-state index contributed by atoms with van der Waals surface area (Å²) in [6.07, 6.45) is 6.80. The van der Waals surface area contributed by atoms with E-state index in [-0.39, 0.29) is 5.91 Å². The van der Waals surface area contributed by atoms with E-state index >= 15 is 0 Å². The Morgan fingerprint density at radius 3 is 2.56 bits per heavy atom. The van der Waals surface area contributed by atoms with E-state index in [2.05, 4.69) is 23.8 Å². The van der Waals surface area contributed by atoms with Gasteiger partial charge in [0.1, 0.15) is 0 Å². The number of hydrogen-bond acceptors (Lipinski definition) is 2. The summed E-state index contributed by atoms with van der Waals surface area (Å²) in [5, 5.41) is 0.